The molecule has 1 fully saturated rings. The van der Waals surface area contributed by atoms with Gasteiger partial charge in [0.25, 0.3) is 0 Å². The molecule has 2 amide bonds. The van der Waals surface area contributed by atoms with Crippen LogP contribution in [0.1, 0.15) is 32.8 Å². The number of amides is 2. The zero-order valence-corrected chi connectivity index (χ0v) is 14.0. The number of ether oxygens (including phenoxy) is 1. The van der Waals surface area contributed by atoms with Gasteiger partial charge in [0.15, 0.2) is 0 Å². The molecule has 1 saturated heterocycles. The van der Waals surface area contributed by atoms with Crippen molar-refractivity contribution >= 4 is 17.7 Å². The summed E-state index contributed by atoms with van der Waals surface area (Å²) in [6, 6.07) is 7.59. The predicted molar refractivity (Wildman–Crippen MR) is 89.0 cm³/mol. The highest BCUT2D eigenvalue weighted by atomic mass is 16.6. The quantitative estimate of drug-likeness (QED) is 0.889. The summed E-state index contributed by atoms with van der Waals surface area (Å²) >= 11 is 0. The second-order valence-corrected chi connectivity index (χ2v) is 6.84. The molecule has 6 heteroatoms. The SMILES string of the molecule is CC(C)(C)OC(=O)NCc1cccc(N2CC(CN)CC2=O)c1. The number of hydrogen-bond donors (Lipinski definition) is 2. The average molecular weight is 319 g/mol. The number of nitrogens with two attached hydrogens (primary N) is 1. The number of carbonyl (C=O) groups excluding carboxylic acids is 2. The first-order chi connectivity index (χ1) is 10.8. The van der Waals surface area contributed by atoms with Crippen molar-refractivity contribution in [3.8, 4) is 0 Å². The van der Waals surface area contributed by atoms with E-state index < -0.39 is 11.7 Å². The Hall–Kier alpha value is -2.08. The summed E-state index contributed by atoms with van der Waals surface area (Å²) in [5, 5.41) is 2.72. The van der Waals surface area contributed by atoms with Crippen molar-refractivity contribution in [2.75, 3.05) is 18.0 Å². The first-order valence-corrected chi connectivity index (χ1v) is 7.84. The molecule has 126 valence electrons. The Balaban J connectivity index is 1.98. The van der Waals surface area contributed by atoms with E-state index in [4.69, 9.17) is 10.5 Å². The normalized spacial score (nSPS) is 18.2. The fourth-order valence-electron chi connectivity index (χ4n) is 2.51. The van der Waals surface area contributed by atoms with Crippen LogP contribution in [-0.2, 0) is 16.1 Å². The number of anilines is 1. The molecule has 0 aliphatic carbocycles. The minimum absolute atomic E-state index is 0.0951. The molecule has 1 atom stereocenters. The molecule has 1 aliphatic heterocycles. The Morgan fingerprint density at radius 1 is 1.43 bits per heavy atom. The van der Waals surface area contributed by atoms with Crippen LogP contribution in [0.15, 0.2) is 24.3 Å². The predicted octanol–water partition coefficient (Wildman–Crippen LogP) is 2.02. The third-order valence-electron chi connectivity index (χ3n) is 3.60. The molecule has 2 rings (SSSR count). The lowest BCUT2D eigenvalue weighted by molar-refractivity contribution is -0.117. The van der Waals surface area contributed by atoms with Crippen LogP contribution in [0.25, 0.3) is 0 Å². The van der Waals surface area contributed by atoms with Gasteiger partial charge in [-0.3, -0.25) is 4.79 Å². The van der Waals surface area contributed by atoms with Gasteiger partial charge in [0.2, 0.25) is 5.91 Å². The fraction of sp³-hybridized carbons (Fsp3) is 0.529. The van der Waals surface area contributed by atoms with Crippen molar-refractivity contribution in [2.24, 2.45) is 11.7 Å². The lowest BCUT2D eigenvalue weighted by Gasteiger charge is -2.20. The van der Waals surface area contributed by atoms with E-state index in [9.17, 15) is 9.59 Å². The maximum atomic E-state index is 12.1. The molecule has 6 nitrogen and oxygen atoms in total. The Morgan fingerprint density at radius 2 is 2.17 bits per heavy atom. The van der Waals surface area contributed by atoms with Gasteiger partial charge in [0.1, 0.15) is 5.60 Å². The summed E-state index contributed by atoms with van der Waals surface area (Å²) in [6.07, 6.45) is 0.0417. The molecule has 1 aromatic carbocycles. The van der Waals surface area contributed by atoms with Gasteiger partial charge in [-0.2, -0.15) is 0 Å². The van der Waals surface area contributed by atoms with Crippen LogP contribution in [0.4, 0.5) is 10.5 Å². The van der Waals surface area contributed by atoms with E-state index in [-0.39, 0.29) is 11.8 Å². The third kappa shape index (κ3) is 4.96. The van der Waals surface area contributed by atoms with Crippen LogP contribution in [-0.4, -0.2) is 30.7 Å². The van der Waals surface area contributed by atoms with Gasteiger partial charge < -0.3 is 20.7 Å². The van der Waals surface area contributed by atoms with Crippen molar-refractivity contribution in [3.63, 3.8) is 0 Å². The van der Waals surface area contributed by atoms with Crippen molar-refractivity contribution in [3.05, 3.63) is 29.8 Å². The largest absolute Gasteiger partial charge is 0.444 e. The van der Waals surface area contributed by atoms with Crippen molar-refractivity contribution in [2.45, 2.75) is 39.3 Å². The summed E-state index contributed by atoms with van der Waals surface area (Å²) in [5.74, 6) is 0.309. The van der Waals surface area contributed by atoms with Crippen molar-refractivity contribution < 1.29 is 14.3 Å². The molecule has 0 spiro atoms. The minimum Gasteiger partial charge on any atom is -0.444 e. The summed E-state index contributed by atoms with van der Waals surface area (Å²) in [6.45, 7) is 6.98. The van der Waals surface area contributed by atoms with Gasteiger partial charge in [-0.1, -0.05) is 12.1 Å². The molecule has 0 radical (unpaired) electrons. The second-order valence-electron chi connectivity index (χ2n) is 6.84. The Morgan fingerprint density at radius 3 is 2.78 bits per heavy atom. The fourth-order valence-corrected chi connectivity index (χ4v) is 2.51. The summed E-state index contributed by atoms with van der Waals surface area (Å²) in [7, 11) is 0. The monoisotopic (exact) mass is 319 g/mol. The van der Waals surface area contributed by atoms with Gasteiger partial charge >= 0.3 is 6.09 Å². The molecule has 0 bridgehead atoms. The molecule has 3 N–H and O–H groups in total. The van der Waals surface area contributed by atoms with E-state index >= 15 is 0 Å². The van der Waals surface area contributed by atoms with E-state index in [1.54, 1.807) is 4.90 Å². The van der Waals surface area contributed by atoms with Crippen LogP contribution in [0.2, 0.25) is 0 Å². The molecular weight excluding hydrogens is 294 g/mol. The van der Waals surface area contributed by atoms with Gasteiger partial charge in [-0.05, 0) is 50.9 Å². The number of rotatable bonds is 4. The van der Waals surface area contributed by atoms with Gasteiger partial charge in [-0.25, -0.2) is 4.79 Å². The minimum atomic E-state index is -0.523. The lowest BCUT2D eigenvalue weighted by Crippen LogP contribution is -2.32. The summed E-state index contributed by atoms with van der Waals surface area (Å²) in [5.41, 5.74) is 6.89. The average Bonchev–Trinajstić information content (AvgIpc) is 2.85. The standard InChI is InChI=1S/C17H25N3O3/c1-17(2,3)23-16(22)19-10-12-5-4-6-14(7-12)20-11-13(9-18)8-15(20)21/h4-7,13H,8-11,18H2,1-3H3,(H,19,22). The summed E-state index contributed by atoms with van der Waals surface area (Å²) < 4.78 is 5.21. The topological polar surface area (TPSA) is 84.7 Å². The van der Waals surface area contributed by atoms with E-state index in [1.165, 1.54) is 0 Å². The highest BCUT2D eigenvalue weighted by molar-refractivity contribution is 5.95. The van der Waals surface area contributed by atoms with Crippen molar-refractivity contribution in [1.82, 2.24) is 5.32 Å². The molecule has 0 saturated carbocycles. The van der Waals surface area contributed by atoms with Gasteiger partial charge in [0, 0.05) is 25.2 Å². The molecular formula is C17H25N3O3. The van der Waals surface area contributed by atoms with Crippen LogP contribution >= 0.6 is 0 Å². The summed E-state index contributed by atoms with van der Waals surface area (Å²) in [4.78, 5) is 25.5. The van der Waals surface area contributed by atoms with Gasteiger partial charge in [0.05, 0.1) is 0 Å². The Kier molecular flexibility index (Phi) is 5.26. The van der Waals surface area contributed by atoms with E-state index in [0.717, 1.165) is 11.3 Å². The van der Waals surface area contributed by atoms with E-state index in [0.29, 0.717) is 26.1 Å². The maximum absolute atomic E-state index is 12.1. The molecule has 0 aromatic heterocycles. The van der Waals surface area contributed by atoms with Crippen LogP contribution in [0.3, 0.4) is 0 Å². The lowest BCUT2D eigenvalue weighted by atomic mass is 10.1. The van der Waals surface area contributed by atoms with Crippen LogP contribution in [0.5, 0.6) is 0 Å². The van der Waals surface area contributed by atoms with Crippen molar-refractivity contribution in [1.29, 1.82) is 0 Å². The Bertz CT molecular complexity index is 581. The molecule has 23 heavy (non-hydrogen) atoms. The number of nitrogens with one attached hydrogen (secondary N) is 1. The zero-order valence-electron chi connectivity index (χ0n) is 14.0. The van der Waals surface area contributed by atoms with E-state index in [1.807, 2.05) is 45.0 Å². The van der Waals surface area contributed by atoms with Gasteiger partial charge in [-0.15, -0.1) is 0 Å². The highest BCUT2D eigenvalue weighted by Crippen LogP contribution is 2.25. The molecule has 1 unspecified atom stereocenters. The number of carbonyl (C=O) groups is 2. The first-order valence-electron chi connectivity index (χ1n) is 7.84. The zero-order chi connectivity index (χ0) is 17.0. The molecule has 1 aliphatic rings. The molecule has 1 aromatic rings. The number of benzene rings is 1. The molecule has 1 heterocycles. The maximum Gasteiger partial charge on any atom is 0.407 e. The number of nitrogens with zero attached hydrogens (tertiary/aromatic N) is 1. The van der Waals surface area contributed by atoms with E-state index in [2.05, 4.69) is 5.32 Å². The third-order valence-corrected chi connectivity index (χ3v) is 3.60. The van der Waals surface area contributed by atoms with Crippen LogP contribution < -0.4 is 16.0 Å². The van der Waals surface area contributed by atoms with Crippen LogP contribution in [0, 0.1) is 5.92 Å². The number of hydrogen-bond acceptors (Lipinski definition) is 4. The Labute approximate surface area is 137 Å². The highest BCUT2D eigenvalue weighted by Gasteiger charge is 2.29. The second kappa shape index (κ2) is 7.00. The first kappa shape index (κ1) is 17.3. The smallest absolute Gasteiger partial charge is 0.407 e. The number of alkyl carbamates (subject to hydrolysis) is 1.